The Morgan fingerprint density at radius 1 is 1.28 bits per heavy atom. The van der Waals surface area contributed by atoms with Crippen LogP contribution in [0.25, 0.3) is 0 Å². The van der Waals surface area contributed by atoms with Crippen molar-refractivity contribution in [3.8, 4) is 6.07 Å². The average molecular weight is 240 g/mol. The third kappa shape index (κ3) is 2.59. The smallest absolute Gasteiger partial charge is 0.274 e. The van der Waals surface area contributed by atoms with Crippen molar-refractivity contribution >= 4 is 17.2 Å². The van der Waals surface area contributed by atoms with Crippen LogP contribution in [0.3, 0.4) is 0 Å². The maximum absolute atomic E-state index is 10.6. The van der Waals surface area contributed by atoms with Crippen LogP contribution in [-0.2, 0) is 0 Å². The van der Waals surface area contributed by atoms with Crippen LogP contribution in [0.5, 0.6) is 0 Å². The second-order valence-corrected chi connectivity index (χ2v) is 3.47. The van der Waals surface area contributed by atoms with Crippen LogP contribution in [0.1, 0.15) is 5.56 Å². The number of anilines is 2. The first kappa shape index (κ1) is 11.5. The van der Waals surface area contributed by atoms with E-state index in [-0.39, 0.29) is 5.69 Å². The number of nitrogens with one attached hydrogen (secondary N) is 1. The summed E-state index contributed by atoms with van der Waals surface area (Å²) in [5.74, 6) is 0.383. The molecule has 6 heteroatoms. The largest absolute Gasteiger partial charge is 0.340 e. The first-order valence-electron chi connectivity index (χ1n) is 5.06. The fourth-order valence-electron chi connectivity index (χ4n) is 1.38. The maximum atomic E-state index is 10.6. The minimum Gasteiger partial charge on any atom is -0.340 e. The van der Waals surface area contributed by atoms with Gasteiger partial charge in [0, 0.05) is 18.0 Å². The molecule has 0 spiro atoms. The predicted molar refractivity (Wildman–Crippen MR) is 65.3 cm³/mol. The number of pyridine rings is 1. The van der Waals surface area contributed by atoms with Gasteiger partial charge in [-0.15, -0.1) is 0 Å². The number of hydrogen-bond donors (Lipinski definition) is 1. The van der Waals surface area contributed by atoms with E-state index in [1.807, 2.05) is 6.07 Å². The Morgan fingerprint density at radius 2 is 2.00 bits per heavy atom. The van der Waals surface area contributed by atoms with Crippen molar-refractivity contribution < 1.29 is 4.92 Å². The third-order valence-electron chi connectivity index (χ3n) is 2.24. The zero-order chi connectivity index (χ0) is 13.0. The first-order chi connectivity index (χ1) is 8.69. The summed E-state index contributed by atoms with van der Waals surface area (Å²) in [7, 11) is 0. The Bertz CT molecular complexity index is 617. The molecule has 0 unspecified atom stereocenters. The van der Waals surface area contributed by atoms with Gasteiger partial charge in [-0.2, -0.15) is 5.26 Å². The lowest BCUT2D eigenvalue weighted by Crippen LogP contribution is -1.95. The molecule has 1 heterocycles. The van der Waals surface area contributed by atoms with Crippen LogP contribution >= 0.6 is 0 Å². The van der Waals surface area contributed by atoms with Gasteiger partial charge in [0.05, 0.1) is 22.6 Å². The molecule has 0 radical (unpaired) electrons. The SMILES string of the molecule is N#Cc1ccc(Nc2cc([N+](=O)[O-])ccn2)cc1. The Labute approximate surface area is 103 Å². The molecule has 0 atom stereocenters. The van der Waals surface area contributed by atoms with Gasteiger partial charge in [0.15, 0.2) is 0 Å². The van der Waals surface area contributed by atoms with Gasteiger partial charge < -0.3 is 5.32 Å². The average Bonchev–Trinajstić information content (AvgIpc) is 2.40. The molecule has 0 amide bonds. The molecule has 88 valence electrons. The van der Waals surface area contributed by atoms with Crippen molar-refractivity contribution in [3.05, 3.63) is 58.3 Å². The Kier molecular flexibility index (Phi) is 3.16. The summed E-state index contributed by atoms with van der Waals surface area (Å²) in [6.45, 7) is 0. The normalized spacial score (nSPS) is 9.50. The summed E-state index contributed by atoms with van der Waals surface area (Å²) in [6.07, 6.45) is 1.37. The van der Waals surface area contributed by atoms with Crippen LogP contribution < -0.4 is 5.32 Å². The van der Waals surface area contributed by atoms with Crippen molar-refractivity contribution in [3.63, 3.8) is 0 Å². The second-order valence-electron chi connectivity index (χ2n) is 3.47. The van der Waals surface area contributed by atoms with Gasteiger partial charge in [-0.25, -0.2) is 4.98 Å². The number of rotatable bonds is 3. The van der Waals surface area contributed by atoms with Crippen LogP contribution in [0.2, 0.25) is 0 Å². The van der Waals surface area contributed by atoms with E-state index < -0.39 is 4.92 Å². The van der Waals surface area contributed by atoms with Crippen molar-refractivity contribution in [2.75, 3.05) is 5.32 Å². The molecule has 1 N–H and O–H groups in total. The lowest BCUT2D eigenvalue weighted by Gasteiger charge is -2.04. The summed E-state index contributed by atoms with van der Waals surface area (Å²) in [4.78, 5) is 14.1. The van der Waals surface area contributed by atoms with Crippen molar-refractivity contribution in [2.45, 2.75) is 0 Å². The molecule has 0 saturated carbocycles. The highest BCUT2D eigenvalue weighted by Gasteiger charge is 2.06. The number of nitro groups is 1. The second kappa shape index (κ2) is 4.93. The quantitative estimate of drug-likeness (QED) is 0.657. The Morgan fingerprint density at radius 3 is 2.61 bits per heavy atom. The highest BCUT2D eigenvalue weighted by molar-refractivity contribution is 5.59. The van der Waals surface area contributed by atoms with E-state index in [1.165, 1.54) is 18.3 Å². The van der Waals surface area contributed by atoms with Gasteiger partial charge in [-0.05, 0) is 24.3 Å². The maximum Gasteiger partial charge on any atom is 0.274 e. The molecule has 0 fully saturated rings. The molecule has 0 bridgehead atoms. The minimum absolute atomic E-state index is 0.0267. The van der Waals surface area contributed by atoms with Gasteiger partial charge in [0.25, 0.3) is 5.69 Å². The molecule has 0 aliphatic heterocycles. The van der Waals surface area contributed by atoms with Crippen LogP contribution in [0, 0.1) is 21.4 Å². The summed E-state index contributed by atoms with van der Waals surface area (Å²) < 4.78 is 0. The Hall–Kier alpha value is -2.94. The molecule has 6 nitrogen and oxygen atoms in total. The molecule has 18 heavy (non-hydrogen) atoms. The van der Waals surface area contributed by atoms with Gasteiger partial charge in [-0.3, -0.25) is 10.1 Å². The van der Waals surface area contributed by atoms with Gasteiger partial charge in [-0.1, -0.05) is 0 Å². The zero-order valence-corrected chi connectivity index (χ0v) is 9.20. The third-order valence-corrected chi connectivity index (χ3v) is 2.24. The number of aromatic nitrogens is 1. The van der Waals surface area contributed by atoms with Crippen molar-refractivity contribution in [1.82, 2.24) is 4.98 Å². The zero-order valence-electron chi connectivity index (χ0n) is 9.20. The van der Waals surface area contributed by atoms with Crippen molar-refractivity contribution in [2.24, 2.45) is 0 Å². The number of nitrogens with zero attached hydrogens (tertiary/aromatic N) is 3. The van der Waals surface area contributed by atoms with Crippen LogP contribution in [0.4, 0.5) is 17.2 Å². The fraction of sp³-hybridized carbons (Fsp3) is 0. The van der Waals surface area contributed by atoms with Gasteiger partial charge in [0.1, 0.15) is 5.82 Å². The summed E-state index contributed by atoms with van der Waals surface area (Å²) >= 11 is 0. The molecule has 0 aliphatic rings. The number of hydrogen-bond acceptors (Lipinski definition) is 5. The molecular weight excluding hydrogens is 232 g/mol. The lowest BCUT2D eigenvalue weighted by atomic mass is 10.2. The minimum atomic E-state index is -0.481. The summed E-state index contributed by atoms with van der Waals surface area (Å²) in [5.41, 5.74) is 1.23. The van der Waals surface area contributed by atoms with E-state index in [2.05, 4.69) is 10.3 Å². The number of benzene rings is 1. The lowest BCUT2D eigenvalue weighted by molar-refractivity contribution is -0.384. The topological polar surface area (TPSA) is 91.8 Å². The van der Waals surface area contributed by atoms with E-state index in [4.69, 9.17) is 5.26 Å². The molecule has 0 aliphatic carbocycles. The van der Waals surface area contributed by atoms with E-state index in [1.54, 1.807) is 24.3 Å². The van der Waals surface area contributed by atoms with E-state index >= 15 is 0 Å². The first-order valence-corrected chi connectivity index (χ1v) is 5.06. The number of nitriles is 1. The highest BCUT2D eigenvalue weighted by atomic mass is 16.6. The van der Waals surface area contributed by atoms with E-state index in [0.717, 1.165) is 0 Å². The van der Waals surface area contributed by atoms with Crippen molar-refractivity contribution in [1.29, 1.82) is 5.26 Å². The van der Waals surface area contributed by atoms with E-state index in [0.29, 0.717) is 17.1 Å². The molecule has 2 rings (SSSR count). The van der Waals surface area contributed by atoms with Gasteiger partial charge >= 0.3 is 0 Å². The standard InChI is InChI=1S/C12H8N4O2/c13-8-9-1-3-10(4-2-9)15-12-7-11(16(17)18)5-6-14-12/h1-7H,(H,14,15). The Balaban J connectivity index is 2.20. The molecule has 1 aromatic carbocycles. The molecule has 0 saturated heterocycles. The van der Waals surface area contributed by atoms with E-state index in [9.17, 15) is 10.1 Å². The predicted octanol–water partition coefficient (Wildman–Crippen LogP) is 2.61. The summed E-state index contributed by atoms with van der Waals surface area (Å²) in [6, 6.07) is 11.4. The molecule has 2 aromatic rings. The summed E-state index contributed by atoms with van der Waals surface area (Å²) in [5, 5.41) is 22.2. The van der Waals surface area contributed by atoms with Crippen LogP contribution in [-0.4, -0.2) is 9.91 Å². The molecular formula is C12H8N4O2. The van der Waals surface area contributed by atoms with Gasteiger partial charge in [0.2, 0.25) is 0 Å². The monoisotopic (exact) mass is 240 g/mol. The highest BCUT2D eigenvalue weighted by Crippen LogP contribution is 2.19. The molecule has 1 aromatic heterocycles. The van der Waals surface area contributed by atoms with Crippen LogP contribution in [0.15, 0.2) is 42.6 Å². The fourth-order valence-corrected chi connectivity index (χ4v) is 1.38.